The summed E-state index contributed by atoms with van der Waals surface area (Å²) >= 11 is 0. The lowest BCUT2D eigenvalue weighted by molar-refractivity contribution is -0.132. The van der Waals surface area contributed by atoms with Crippen LogP contribution in [-0.4, -0.2) is 24.3 Å². The van der Waals surface area contributed by atoms with Gasteiger partial charge in [0.1, 0.15) is 0 Å². The van der Waals surface area contributed by atoms with Crippen LogP contribution in [0.15, 0.2) is 84.0 Å². The number of rotatable bonds is 8. The minimum atomic E-state index is -0.387. The minimum absolute atomic E-state index is 0.387. The second-order valence-electron chi connectivity index (χ2n) is 6.54. The highest BCUT2D eigenvalue weighted by atomic mass is 16.6. The Labute approximate surface area is 171 Å². The molecule has 3 rings (SSSR count). The van der Waals surface area contributed by atoms with Crippen molar-refractivity contribution in [1.82, 2.24) is 5.01 Å². The Balaban J connectivity index is 1.80. The highest BCUT2D eigenvalue weighted by molar-refractivity contribution is 5.81. The smallest absolute Gasteiger partial charge is 0.308 e. The number of hydrogen-bond acceptors (Lipinski definition) is 5. The van der Waals surface area contributed by atoms with Gasteiger partial charge in [-0.15, -0.1) is 0 Å². The lowest BCUT2D eigenvalue weighted by atomic mass is 10.2. The monoisotopic (exact) mass is 388 g/mol. The molecule has 0 N–H and O–H groups in total. The quantitative estimate of drug-likeness (QED) is 0.244. The fourth-order valence-corrected chi connectivity index (χ4v) is 2.88. The van der Waals surface area contributed by atoms with Crippen molar-refractivity contribution in [3.05, 3.63) is 95.6 Å². The van der Waals surface area contributed by atoms with Gasteiger partial charge in [-0.2, -0.15) is 5.10 Å². The maximum atomic E-state index is 11.2. The molecule has 0 atom stereocenters. The third-order valence-electron chi connectivity index (χ3n) is 4.23. The topological polar surface area (TPSA) is 51.1 Å². The molecule has 0 aliphatic heterocycles. The maximum absolute atomic E-state index is 11.2. The van der Waals surface area contributed by atoms with Crippen molar-refractivity contribution in [2.24, 2.45) is 5.10 Å². The first kappa shape index (κ1) is 20.1. The Morgan fingerprint density at radius 1 is 0.897 bits per heavy atom. The standard InChI is InChI=1S/C24H24N2O3/c1-19(27)29-23-14-13-22(15-24(23)28-2)16-25-26(17-20-9-5-3-6-10-20)18-21-11-7-4-8-12-21/h3-16H,17-18H2,1-2H3/b25-16-. The number of carbonyl (C=O) groups is 1. The summed E-state index contributed by atoms with van der Waals surface area (Å²) in [6, 6.07) is 25.8. The summed E-state index contributed by atoms with van der Waals surface area (Å²) in [7, 11) is 1.54. The van der Waals surface area contributed by atoms with Gasteiger partial charge < -0.3 is 9.47 Å². The number of carbonyl (C=O) groups excluding carboxylic acids is 1. The predicted octanol–water partition coefficient (Wildman–Crippen LogP) is 4.66. The van der Waals surface area contributed by atoms with Crippen molar-refractivity contribution in [3.63, 3.8) is 0 Å². The molecule has 0 spiro atoms. The Morgan fingerprint density at radius 2 is 1.48 bits per heavy atom. The van der Waals surface area contributed by atoms with Crippen LogP contribution >= 0.6 is 0 Å². The zero-order chi connectivity index (χ0) is 20.5. The minimum Gasteiger partial charge on any atom is -0.493 e. The molecule has 0 aliphatic carbocycles. The van der Waals surface area contributed by atoms with E-state index in [-0.39, 0.29) is 5.97 Å². The van der Waals surface area contributed by atoms with E-state index in [9.17, 15) is 4.79 Å². The largest absolute Gasteiger partial charge is 0.493 e. The van der Waals surface area contributed by atoms with Gasteiger partial charge in [0.05, 0.1) is 26.4 Å². The lowest BCUT2D eigenvalue weighted by Crippen LogP contribution is -2.17. The molecular formula is C24H24N2O3. The first-order valence-corrected chi connectivity index (χ1v) is 9.37. The number of hydrazone groups is 1. The molecule has 3 aromatic carbocycles. The van der Waals surface area contributed by atoms with Crippen molar-refractivity contribution in [3.8, 4) is 11.5 Å². The van der Waals surface area contributed by atoms with Gasteiger partial charge >= 0.3 is 5.97 Å². The number of esters is 1. The molecule has 0 amide bonds. The van der Waals surface area contributed by atoms with Crippen LogP contribution in [0.1, 0.15) is 23.6 Å². The lowest BCUT2D eigenvalue weighted by Gasteiger charge is -2.19. The van der Waals surface area contributed by atoms with E-state index in [1.807, 2.05) is 47.5 Å². The van der Waals surface area contributed by atoms with E-state index < -0.39 is 0 Å². The fourth-order valence-electron chi connectivity index (χ4n) is 2.88. The van der Waals surface area contributed by atoms with Gasteiger partial charge in [0.2, 0.25) is 0 Å². The highest BCUT2D eigenvalue weighted by Gasteiger charge is 2.08. The van der Waals surface area contributed by atoms with Gasteiger partial charge in [0.15, 0.2) is 11.5 Å². The van der Waals surface area contributed by atoms with E-state index in [2.05, 4.69) is 24.3 Å². The summed E-state index contributed by atoms with van der Waals surface area (Å²) < 4.78 is 10.5. The second-order valence-corrected chi connectivity index (χ2v) is 6.54. The van der Waals surface area contributed by atoms with Crippen LogP contribution in [0.2, 0.25) is 0 Å². The van der Waals surface area contributed by atoms with E-state index >= 15 is 0 Å². The van der Waals surface area contributed by atoms with Crippen LogP contribution in [0.3, 0.4) is 0 Å². The van der Waals surface area contributed by atoms with Crippen LogP contribution < -0.4 is 9.47 Å². The van der Waals surface area contributed by atoms with Crippen molar-refractivity contribution in [2.45, 2.75) is 20.0 Å². The molecule has 0 unspecified atom stereocenters. The first-order chi connectivity index (χ1) is 14.1. The van der Waals surface area contributed by atoms with Gasteiger partial charge in [-0.25, -0.2) is 0 Å². The third kappa shape index (κ3) is 6.21. The summed E-state index contributed by atoms with van der Waals surface area (Å²) in [5.74, 6) is 0.492. The van der Waals surface area contributed by atoms with Gasteiger partial charge in [-0.3, -0.25) is 9.80 Å². The molecule has 0 radical (unpaired) electrons. The van der Waals surface area contributed by atoms with Gasteiger partial charge in [0.25, 0.3) is 0 Å². The van der Waals surface area contributed by atoms with Crippen LogP contribution in [0.4, 0.5) is 0 Å². The molecule has 0 bridgehead atoms. The molecule has 0 aromatic heterocycles. The maximum Gasteiger partial charge on any atom is 0.308 e. The molecule has 0 saturated carbocycles. The summed E-state index contributed by atoms with van der Waals surface area (Å²) in [4.78, 5) is 11.2. The van der Waals surface area contributed by atoms with E-state index in [0.717, 1.165) is 5.56 Å². The van der Waals surface area contributed by atoms with Crippen LogP contribution in [-0.2, 0) is 17.9 Å². The van der Waals surface area contributed by atoms with E-state index in [0.29, 0.717) is 24.6 Å². The predicted molar refractivity (Wildman–Crippen MR) is 114 cm³/mol. The molecule has 148 valence electrons. The van der Waals surface area contributed by atoms with Crippen LogP contribution in [0.5, 0.6) is 11.5 Å². The number of nitrogens with zero attached hydrogens (tertiary/aromatic N) is 2. The molecule has 0 heterocycles. The van der Waals surface area contributed by atoms with Gasteiger partial charge in [-0.1, -0.05) is 60.7 Å². The zero-order valence-corrected chi connectivity index (χ0v) is 16.6. The summed E-state index contributed by atoms with van der Waals surface area (Å²) in [5, 5.41) is 6.71. The molecule has 5 nitrogen and oxygen atoms in total. The summed E-state index contributed by atoms with van der Waals surface area (Å²) in [6.07, 6.45) is 1.78. The van der Waals surface area contributed by atoms with E-state index in [1.54, 1.807) is 25.5 Å². The molecule has 0 aliphatic rings. The van der Waals surface area contributed by atoms with Crippen molar-refractivity contribution in [1.29, 1.82) is 0 Å². The summed E-state index contributed by atoms with van der Waals surface area (Å²) in [5.41, 5.74) is 3.22. The molecule has 0 saturated heterocycles. The average Bonchev–Trinajstić information content (AvgIpc) is 2.74. The average molecular weight is 388 g/mol. The number of ether oxygens (including phenoxy) is 2. The van der Waals surface area contributed by atoms with Crippen molar-refractivity contribution in [2.75, 3.05) is 7.11 Å². The van der Waals surface area contributed by atoms with E-state index in [1.165, 1.54) is 18.1 Å². The van der Waals surface area contributed by atoms with Gasteiger partial charge in [0, 0.05) is 6.92 Å². The van der Waals surface area contributed by atoms with Crippen molar-refractivity contribution < 1.29 is 14.3 Å². The molecule has 5 heteroatoms. The normalized spacial score (nSPS) is 10.7. The first-order valence-electron chi connectivity index (χ1n) is 9.37. The van der Waals surface area contributed by atoms with E-state index in [4.69, 9.17) is 14.6 Å². The Kier molecular flexibility index (Phi) is 7.00. The van der Waals surface area contributed by atoms with Gasteiger partial charge in [-0.05, 0) is 34.9 Å². The summed E-state index contributed by atoms with van der Waals surface area (Å²) in [6.45, 7) is 2.74. The van der Waals surface area contributed by atoms with Crippen LogP contribution in [0.25, 0.3) is 0 Å². The second kappa shape index (κ2) is 10.1. The molecule has 29 heavy (non-hydrogen) atoms. The van der Waals surface area contributed by atoms with Crippen molar-refractivity contribution >= 4 is 12.2 Å². The number of benzene rings is 3. The highest BCUT2D eigenvalue weighted by Crippen LogP contribution is 2.27. The SMILES string of the molecule is COc1cc(/C=N\N(Cc2ccccc2)Cc2ccccc2)ccc1OC(C)=O. The third-order valence-corrected chi connectivity index (χ3v) is 4.23. The molecular weight excluding hydrogens is 364 g/mol. The Hall–Kier alpha value is -3.60. The number of methoxy groups -OCH3 is 1. The number of hydrogen-bond donors (Lipinski definition) is 0. The molecule has 0 fully saturated rings. The Morgan fingerprint density at radius 3 is 2.00 bits per heavy atom. The fraction of sp³-hybridized carbons (Fsp3) is 0.167. The van der Waals surface area contributed by atoms with Crippen LogP contribution in [0, 0.1) is 0 Å². The Bertz CT molecular complexity index is 915. The molecule has 3 aromatic rings. The zero-order valence-electron chi connectivity index (χ0n) is 16.6.